The predicted molar refractivity (Wildman–Crippen MR) is 77.5 cm³/mol. The zero-order valence-corrected chi connectivity index (χ0v) is 12.2. The van der Waals surface area contributed by atoms with Crippen LogP contribution in [0.25, 0.3) is 0 Å². The lowest BCUT2D eigenvalue weighted by Crippen LogP contribution is -2.30. The number of aromatic nitrogens is 1. The number of carbonyl (C=O) groups is 1. The summed E-state index contributed by atoms with van der Waals surface area (Å²) in [5.74, 6) is 0.144. The van der Waals surface area contributed by atoms with Crippen molar-refractivity contribution in [1.82, 2.24) is 10.3 Å². The maximum absolute atomic E-state index is 11.9. The van der Waals surface area contributed by atoms with Gasteiger partial charge in [0.25, 0.3) is 5.91 Å². The van der Waals surface area contributed by atoms with Crippen molar-refractivity contribution in [3.8, 4) is 0 Å². The molecule has 1 atom stereocenters. The number of pyridine rings is 1. The molecule has 1 unspecified atom stereocenters. The molecule has 2 N–H and O–H groups in total. The van der Waals surface area contributed by atoms with Crippen molar-refractivity contribution in [1.29, 1.82) is 0 Å². The Morgan fingerprint density at radius 1 is 1.45 bits per heavy atom. The standard InChI is InChI=1S/C13H19N3O3S/c1-2-14-11-3-4-12(15-8-11)13(17)16-7-10-5-6-20(18,19)9-10/h3-4,8,10,14H,2,5-7,9H2,1H3,(H,16,17). The second-order valence-corrected chi connectivity index (χ2v) is 7.17. The summed E-state index contributed by atoms with van der Waals surface area (Å²) in [6.45, 7) is 3.16. The van der Waals surface area contributed by atoms with Gasteiger partial charge in [-0.1, -0.05) is 0 Å². The number of amides is 1. The zero-order chi connectivity index (χ0) is 14.6. The van der Waals surface area contributed by atoms with Crippen molar-refractivity contribution in [2.24, 2.45) is 5.92 Å². The highest BCUT2D eigenvalue weighted by molar-refractivity contribution is 7.91. The quantitative estimate of drug-likeness (QED) is 0.834. The van der Waals surface area contributed by atoms with Crippen LogP contribution in [0.1, 0.15) is 23.8 Å². The van der Waals surface area contributed by atoms with Crippen molar-refractivity contribution < 1.29 is 13.2 Å². The van der Waals surface area contributed by atoms with Gasteiger partial charge in [0.2, 0.25) is 0 Å². The largest absolute Gasteiger partial charge is 0.384 e. The van der Waals surface area contributed by atoms with Crippen molar-refractivity contribution in [2.45, 2.75) is 13.3 Å². The molecule has 2 heterocycles. The topological polar surface area (TPSA) is 88.2 Å². The molecule has 0 spiro atoms. The minimum atomic E-state index is -2.90. The number of sulfone groups is 1. The van der Waals surface area contributed by atoms with Gasteiger partial charge in [0.15, 0.2) is 9.84 Å². The van der Waals surface area contributed by atoms with E-state index in [0.29, 0.717) is 18.7 Å². The monoisotopic (exact) mass is 297 g/mol. The summed E-state index contributed by atoms with van der Waals surface area (Å²) in [5, 5.41) is 5.84. The minimum Gasteiger partial charge on any atom is -0.384 e. The van der Waals surface area contributed by atoms with Crippen LogP contribution in [0.5, 0.6) is 0 Å². The molecule has 2 rings (SSSR count). The first-order valence-corrected chi connectivity index (χ1v) is 8.51. The first-order chi connectivity index (χ1) is 9.50. The van der Waals surface area contributed by atoms with Gasteiger partial charge in [-0.25, -0.2) is 13.4 Å². The molecule has 1 fully saturated rings. The summed E-state index contributed by atoms with van der Waals surface area (Å²) >= 11 is 0. The van der Waals surface area contributed by atoms with Crippen molar-refractivity contribution >= 4 is 21.4 Å². The summed E-state index contributed by atoms with van der Waals surface area (Å²) in [6, 6.07) is 3.45. The molecule has 1 aliphatic rings. The van der Waals surface area contributed by atoms with Crippen molar-refractivity contribution in [3.05, 3.63) is 24.0 Å². The molecule has 0 saturated carbocycles. The number of hydrogen-bond acceptors (Lipinski definition) is 5. The van der Waals surface area contributed by atoms with Gasteiger partial charge in [-0.2, -0.15) is 0 Å². The van der Waals surface area contributed by atoms with E-state index in [1.807, 2.05) is 6.92 Å². The number of hydrogen-bond donors (Lipinski definition) is 2. The highest BCUT2D eigenvalue weighted by Gasteiger charge is 2.28. The Morgan fingerprint density at radius 3 is 2.80 bits per heavy atom. The summed E-state index contributed by atoms with van der Waals surface area (Å²) in [4.78, 5) is 16.0. The van der Waals surface area contributed by atoms with Crippen LogP contribution in [-0.2, 0) is 9.84 Å². The summed E-state index contributed by atoms with van der Waals surface area (Å²) in [6.07, 6.45) is 2.23. The van der Waals surface area contributed by atoms with Gasteiger partial charge in [0, 0.05) is 13.1 Å². The highest BCUT2D eigenvalue weighted by atomic mass is 32.2. The van der Waals surface area contributed by atoms with Crippen LogP contribution in [0.4, 0.5) is 5.69 Å². The van der Waals surface area contributed by atoms with Crippen molar-refractivity contribution in [2.75, 3.05) is 29.9 Å². The van der Waals surface area contributed by atoms with Crippen LogP contribution in [0.2, 0.25) is 0 Å². The maximum atomic E-state index is 11.9. The molecule has 110 valence electrons. The molecule has 0 radical (unpaired) electrons. The molecule has 1 aliphatic heterocycles. The number of anilines is 1. The van der Waals surface area contributed by atoms with Gasteiger partial charge in [0.1, 0.15) is 5.69 Å². The number of carbonyl (C=O) groups excluding carboxylic acids is 1. The van der Waals surface area contributed by atoms with Gasteiger partial charge in [-0.05, 0) is 31.4 Å². The predicted octanol–water partition coefficient (Wildman–Crippen LogP) is 0.678. The number of nitrogens with zero attached hydrogens (tertiary/aromatic N) is 1. The Kier molecular flexibility index (Phi) is 4.59. The Morgan fingerprint density at radius 2 is 2.25 bits per heavy atom. The van der Waals surface area contributed by atoms with Gasteiger partial charge < -0.3 is 10.6 Å². The molecule has 0 aromatic carbocycles. The molecule has 0 bridgehead atoms. The number of nitrogens with one attached hydrogen (secondary N) is 2. The zero-order valence-electron chi connectivity index (χ0n) is 11.4. The van der Waals surface area contributed by atoms with Crippen LogP contribution in [0.3, 0.4) is 0 Å². The van der Waals surface area contributed by atoms with Crippen LogP contribution < -0.4 is 10.6 Å². The van der Waals surface area contributed by atoms with E-state index in [2.05, 4.69) is 15.6 Å². The van der Waals surface area contributed by atoms with E-state index in [9.17, 15) is 13.2 Å². The van der Waals surface area contributed by atoms with E-state index >= 15 is 0 Å². The van der Waals surface area contributed by atoms with Crippen molar-refractivity contribution in [3.63, 3.8) is 0 Å². The van der Waals surface area contributed by atoms with E-state index in [0.717, 1.165) is 12.2 Å². The summed E-state index contributed by atoms with van der Waals surface area (Å²) in [7, 11) is -2.90. The Balaban J connectivity index is 1.86. The molecule has 1 aromatic heterocycles. The summed E-state index contributed by atoms with van der Waals surface area (Å²) < 4.78 is 22.6. The van der Waals surface area contributed by atoms with Crippen LogP contribution in [0.15, 0.2) is 18.3 Å². The molecular weight excluding hydrogens is 278 g/mol. The fourth-order valence-electron chi connectivity index (χ4n) is 2.20. The van der Waals surface area contributed by atoms with Gasteiger partial charge >= 0.3 is 0 Å². The lowest BCUT2D eigenvalue weighted by atomic mass is 10.1. The molecule has 7 heteroatoms. The molecule has 1 saturated heterocycles. The van der Waals surface area contributed by atoms with Crippen LogP contribution in [0, 0.1) is 5.92 Å². The van der Waals surface area contributed by atoms with Crippen LogP contribution >= 0.6 is 0 Å². The van der Waals surface area contributed by atoms with E-state index in [1.165, 1.54) is 0 Å². The Hall–Kier alpha value is -1.63. The molecule has 1 aromatic rings. The summed E-state index contributed by atoms with van der Waals surface area (Å²) in [5.41, 5.74) is 1.21. The van der Waals surface area contributed by atoms with E-state index in [-0.39, 0.29) is 23.3 Å². The lowest BCUT2D eigenvalue weighted by molar-refractivity contribution is 0.0943. The molecule has 0 aliphatic carbocycles. The fraction of sp³-hybridized carbons (Fsp3) is 0.538. The molecular formula is C13H19N3O3S. The fourth-order valence-corrected chi connectivity index (χ4v) is 4.06. The second-order valence-electron chi connectivity index (χ2n) is 4.94. The van der Waals surface area contributed by atoms with Gasteiger partial charge in [-0.15, -0.1) is 0 Å². The normalized spacial score (nSPS) is 20.6. The lowest BCUT2D eigenvalue weighted by Gasteiger charge is -2.09. The first kappa shape index (κ1) is 14.8. The third-order valence-electron chi connectivity index (χ3n) is 3.26. The van der Waals surface area contributed by atoms with E-state index in [1.54, 1.807) is 18.3 Å². The third kappa shape index (κ3) is 3.93. The SMILES string of the molecule is CCNc1ccc(C(=O)NCC2CCS(=O)(=O)C2)nc1. The average molecular weight is 297 g/mol. The van der Waals surface area contributed by atoms with Gasteiger partial charge in [0.05, 0.1) is 23.4 Å². The van der Waals surface area contributed by atoms with E-state index < -0.39 is 9.84 Å². The smallest absolute Gasteiger partial charge is 0.269 e. The molecule has 6 nitrogen and oxygen atoms in total. The first-order valence-electron chi connectivity index (χ1n) is 6.68. The molecule has 1 amide bonds. The average Bonchev–Trinajstić information content (AvgIpc) is 2.77. The van der Waals surface area contributed by atoms with E-state index in [4.69, 9.17) is 0 Å². The highest BCUT2D eigenvalue weighted by Crippen LogP contribution is 2.17. The second kappa shape index (κ2) is 6.21. The molecule has 20 heavy (non-hydrogen) atoms. The van der Waals surface area contributed by atoms with Crippen LogP contribution in [-0.4, -0.2) is 43.9 Å². The maximum Gasteiger partial charge on any atom is 0.269 e. The Labute approximate surface area is 118 Å². The minimum absolute atomic E-state index is 0.0185. The van der Waals surface area contributed by atoms with Gasteiger partial charge in [-0.3, -0.25) is 4.79 Å². The third-order valence-corrected chi connectivity index (χ3v) is 5.09. The Bertz CT molecular complexity index is 569. The number of rotatable bonds is 5.